The molecule has 3 aromatic rings. The predicted octanol–water partition coefficient (Wildman–Crippen LogP) is 3.59. The normalized spacial score (nSPS) is 16.1. The number of amides is 1. The molecule has 0 saturated carbocycles. The molecule has 1 aliphatic heterocycles. The van der Waals surface area contributed by atoms with Gasteiger partial charge in [-0.1, -0.05) is 11.2 Å². The van der Waals surface area contributed by atoms with E-state index in [2.05, 4.69) is 10.1 Å². The van der Waals surface area contributed by atoms with Crippen molar-refractivity contribution >= 4 is 11.6 Å². The number of anilines is 1. The molecular formula is C22H23N3O5. The summed E-state index contributed by atoms with van der Waals surface area (Å²) in [5.41, 5.74) is 2.56. The van der Waals surface area contributed by atoms with Crippen LogP contribution in [0.5, 0.6) is 17.2 Å². The molecule has 0 N–H and O–H groups in total. The molecule has 0 spiro atoms. The molecule has 1 unspecified atom stereocenters. The van der Waals surface area contributed by atoms with Gasteiger partial charge < -0.3 is 23.6 Å². The second kappa shape index (κ2) is 8.06. The van der Waals surface area contributed by atoms with E-state index in [1.807, 2.05) is 31.2 Å². The molecule has 1 amide bonds. The molecule has 30 heavy (non-hydrogen) atoms. The number of aromatic nitrogens is 2. The third-order valence-corrected chi connectivity index (χ3v) is 5.27. The summed E-state index contributed by atoms with van der Waals surface area (Å²) in [6.07, 6.45) is 0.321. The lowest BCUT2D eigenvalue weighted by atomic mass is 10.1. The van der Waals surface area contributed by atoms with Gasteiger partial charge in [0.15, 0.2) is 17.3 Å². The third kappa shape index (κ3) is 3.56. The molecule has 1 atom stereocenters. The van der Waals surface area contributed by atoms with Gasteiger partial charge in [0.05, 0.1) is 27.0 Å². The Hall–Kier alpha value is -3.55. The van der Waals surface area contributed by atoms with E-state index in [4.69, 9.17) is 18.7 Å². The van der Waals surface area contributed by atoms with Crippen molar-refractivity contribution in [2.45, 2.75) is 19.3 Å². The Morgan fingerprint density at radius 2 is 1.83 bits per heavy atom. The topological polar surface area (TPSA) is 86.9 Å². The Morgan fingerprint density at radius 3 is 2.57 bits per heavy atom. The fourth-order valence-corrected chi connectivity index (χ4v) is 3.61. The zero-order valence-corrected chi connectivity index (χ0v) is 17.3. The Balaban J connectivity index is 1.57. The minimum absolute atomic E-state index is 0.0221. The summed E-state index contributed by atoms with van der Waals surface area (Å²) in [6.45, 7) is 2.46. The number of hydrogen-bond acceptors (Lipinski definition) is 7. The van der Waals surface area contributed by atoms with E-state index < -0.39 is 0 Å². The lowest BCUT2D eigenvalue weighted by Crippen LogP contribution is -2.25. The predicted molar refractivity (Wildman–Crippen MR) is 110 cm³/mol. The molecule has 0 aliphatic carbocycles. The van der Waals surface area contributed by atoms with Crippen molar-refractivity contribution in [1.29, 1.82) is 0 Å². The van der Waals surface area contributed by atoms with E-state index in [0.717, 1.165) is 16.8 Å². The van der Waals surface area contributed by atoms with Crippen LogP contribution in [-0.4, -0.2) is 43.9 Å². The SMILES string of the molecule is COc1ccc(C)c(N2CC(c3noc(-c4ccc(OC)c(OC)c4)n3)CC2=O)c1. The second-order valence-corrected chi connectivity index (χ2v) is 7.09. The van der Waals surface area contributed by atoms with Crippen LogP contribution in [0.1, 0.15) is 23.7 Å². The zero-order valence-electron chi connectivity index (χ0n) is 17.3. The Bertz CT molecular complexity index is 1080. The summed E-state index contributed by atoms with van der Waals surface area (Å²) in [4.78, 5) is 19.0. The molecule has 0 bridgehead atoms. The van der Waals surface area contributed by atoms with Crippen molar-refractivity contribution in [2.75, 3.05) is 32.8 Å². The third-order valence-electron chi connectivity index (χ3n) is 5.27. The number of methoxy groups -OCH3 is 3. The summed E-state index contributed by atoms with van der Waals surface area (Å²) in [5.74, 6) is 2.65. The molecule has 4 rings (SSSR count). The highest BCUT2D eigenvalue weighted by molar-refractivity contribution is 5.97. The fraction of sp³-hybridized carbons (Fsp3) is 0.318. The number of carbonyl (C=O) groups excluding carboxylic acids is 1. The van der Waals surface area contributed by atoms with Gasteiger partial charge in [-0.25, -0.2) is 0 Å². The molecule has 156 valence electrons. The summed E-state index contributed by atoms with van der Waals surface area (Å²) in [5, 5.41) is 4.13. The van der Waals surface area contributed by atoms with Crippen LogP contribution in [0, 0.1) is 6.92 Å². The standard InChI is InChI=1S/C22H23N3O5/c1-13-5-7-16(27-2)11-17(13)25-12-15(10-20(25)26)21-23-22(30-24-21)14-6-8-18(28-3)19(9-14)29-4/h5-9,11,15H,10,12H2,1-4H3. The Kier molecular flexibility index (Phi) is 5.31. The fourth-order valence-electron chi connectivity index (χ4n) is 3.61. The van der Waals surface area contributed by atoms with Crippen molar-refractivity contribution < 1.29 is 23.5 Å². The van der Waals surface area contributed by atoms with Gasteiger partial charge in [-0.05, 0) is 36.8 Å². The number of rotatable bonds is 6. The van der Waals surface area contributed by atoms with Gasteiger partial charge in [-0.2, -0.15) is 4.98 Å². The highest BCUT2D eigenvalue weighted by atomic mass is 16.5. The number of nitrogens with zero attached hydrogens (tertiary/aromatic N) is 3. The van der Waals surface area contributed by atoms with Gasteiger partial charge in [0.1, 0.15) is 5.75 Å². The van der Waals surface area contributed by atoms with Crippen LogP contribution in [0.15, 0.2) is 40.9 Å². The monoisotopic (exact) mass is 409 g/mol. The molecule has 2 aromatic carbocycles. The van der Waals surface area contributed by atoms with Gasteiger partial charge in [0, 0.05) is 30.5 Å². The maximum absolute atomic E-state index is 12.7. The van der Waals surface area contributed by atoms with Gasteiger partial charge in [-0.3, -0.25) is 4.79 Å². The maximum Gasteiger partial charge on any atom is 0.258 e. The summed E-state index contributed by atoms with van der Waals surface area (Å²) >= 11 is 0. The molecule has 1 saturated heterocycles. The molecular weight excluding hydrogens is 386 g/mol. The number of benzene rings is 2. The number of carbonyl (C=O) groups is 1. The molecule has 8 nitrogen and oxygen atoms in total. The smallest absolute Gasteiger partial charge is 0.258 e. The van der Waals surface area contributed by atoms with E-state index >= 15 is 0 Å². The quantitative estimate of drug-likeness (QED) is 0.615. The van der Waals surface area contributed by atoms with Gasteiger partial charge >= 0.3 is 0 Å². The first-order valence-corrected chi connectivity index (χ1v) is 9.55. The summed E-state index contributed by atoms with van der Waals surface area (Å²) in [6, 6.07) is 11.1. The van der Waals surface area contributed by atoms with Gasteiger partial charge in [-0.15, -0.1) is 0 Å². The number of ether oxygens (including phenoxy) is 3. The van der Waals surface area contributed by atoms with E-state index in [1.165, 1.54) is 0 Å². The second-order valence-electron chi connectivity index (χ2n) is 7.09. The summed E-state index contributed by atoms with van der Waals surface area (Å²) < 4.78 is 21.4. The first-order chi connectivity index (χ1) is 14.5. The van der Waals surface area contributed by atoms with Crippen LogP contribution in [0.2, 0.25) is 0 Å². The van der Waals surface area contributed by atoms with Crippen LogP contribution in [0.4, 0.5) is 5.69 Å². The van der Waals surface area contributed by atoms with Crippen LogP contribution in [0.3, 0.4) is 0 Å². The zero-order chi connectivity index (χ0) is 21.3. The van der Waals surface area contributed by atoms with E-state index in [-0.39, 0.29) is 11.8 Å². The Labute approximate surface area is 174 Å². The molecule has 1 aromatic heterocycles. The lowest BCUT2D eigenvalue weighted by molar-refractivity contribution is -0.117. The van der Waals surface area contributed by atoms with Crippen LogP contribution < -0.4 is 19.1 Å². The van der Waals surface area contributed by atoms with E-state index in [1.54, 1.807) is 38.4 Å². The van der Waals surface area contributed by atoms with Crippen molar-refractivity contribution in [1.82, 2.24) is 10.1 Å². The van der Waals surface area contributed by atoms with Crippen molar-refractivity contribution in [3.63, 3.8) is 0 Å². The van der Waals surface area contributed by atoms with E-state index in [0.29, 0.717) is 41.9 Å². The van der Waals surface area contributed by atoms with Gasteiger partial charge in [0.25, 0.3) is 5.89 Å². The average Bonchev–Trinajstić information content (AvgIpc) is 3.40. The van der Waals surface area contributed by atoms with Crippen molar-refractivity contribution in [2.24, 2.45) is 0 Å². The van der Waals surface area contributed by atoms with E-state index in [9.17, 15) is 4.79 Å². The van der Waals surface area contributed by atoms with Crippen LogP contribution >= 0.6 is 0 Å². The van der Waals surface area contributed by atoms with Crippen LogP contribution in [-0.2, 0) is 4.79 Å². The number of hydrogen-bond donors (Lipinski definition) is 0. The largest absolute Gasteiger partial charge is 0.497 e. The first-order valence-electron chi connectivity index (χ1n) is 9.55. The summed E-state index contributed by atoms with van der Waals surface area (Å²) in [7, 11) is 4.76. The number of aryl methyl sites for hydroxylation is 1. The first kappa shape index (κ1) is 19.8. The minimum atomic E-state index is -0.152. The van der Waals surface area contributed by atoms with Gasteiger partial charge in [0.2, 0.25) is 5.91 Å². The molecule has 8 heteroatoms. The Morgan fingerprint density at radius 1 is 1.03 bits per heavy atom. The lowest BCUT2D eigenvalue weighted by Gasteiger charge is -2.19. The molecule has 1 fully saturated rings. The van der Waals surface area contributed by atoms with Crippen molar-refractivity contribution in [3.05, 3.63) is 47.8 Å². The van der Waals surface area contributed by atoms with Crippen molar-refractivity contribution in [3.8, 4) is 28.7 Å². The average molecular weight is 409 g/mol. The highest BCUT2D eigenvalue weighted by Crippen LogP contribution is 2.36. The van der Waals surface area contributed by atoms with Crippen LogP contribution in [0.25, 0.3) is 11.5 Å². The minimum Gasteiger partial charge on any atom is -0.497 e. The molecule has 0 radical (unpaired) electrons. The molecule has 1 aliphatic rings. The maximum atomic E-state index is 12.7. The molecule has 2 heterocycles. The highest BCUT2D eigenvalue weighted by Gasteiger charge is 2.35.